The lowest BCUT2D eigenvalue weighted by molar-refractivity contribution is 0.401. The molecule has 0 aromatic heterocycles. The minimum Gasteiger partial charge on any atom is -0.371 e. The molecule has 0 saturated carbocycles. The molecular formula is C19H25ClN2S. The Hall–Kier alpha value is -1.16. The van der Waals surface area contributed by atoms with Crippen LogP contribution < -0.4 is 4.90 Å². The van der Waals surface area contributed by atoms with E-state index >= 15 is 0 Å². The Morgan fingerprint density at radius 3 is 2.22 bits per heavy atom. The van der Waals surface area contributed by atoms with Gasteiger partial charge in [-0.1, -0.05) is 29.8 Å². The summed E-state index contributed by atoms with van der Waals surface area (Å²) in [6.45, 7) is 3.25. The molecule has 124 valence electrons. The number of rotatable bonds is 9. The lowest BCUT2D eigenvalue weighted by atomic mass is 10.2. The highest BCUT2D eigenvalue weighted by molar-refractivity contribution is 7.99. The number of hydrogen-bond donors (Lipinski definition) is 0. The van der Waals surface area contributed by atoms with Gasteiger partial charge in [0.2, 0.25) is 0 Å². The van der Waals surface area contributed by atoms with Crippen molar-refractivity contribution in [2.75, 3.05) is 44.4 Å². The molecule has 0 heterocycles. The summed E-state index contributed by atoms with van der Waals surface area (Å²) in [4.78, 5) is 5.99. The molecule has 0 N–H and O–H groups in total. The topological polar surface area (TPSA) is 6.48 Å². The summed E-state index contributed by atoms with van der Waals surface area (Å²) in [5, 5.41) is 0.795. The van der Waals surface area contributed by atoms with Crippen LogP contribution in [0.4, 0.5) is 5.69 Å². The molecule has 2 nitrogen and oxygen atoms in total. The Kier molecular flexibility index (Phi) is 7.80. The Morgan fingerprint density at radius 2 is 1.57 bits per heavy atom. The highest BCUT2D eigenvalue weighted by Gasteiger charge is 2.06. The van der Waals surface area contributed by atoms with E-state index in [4.69, 9.17) is 11.6 Å². The molecule has 23 heavy (non-hydrogen) atoms. The van der Waals surface area contributed by atoms with Crippen molar-refractivity contribution in [1.29, 1.82) is 0 Å². The molecule has 0 aliphatic rings. The smallest absolute Gasteiger partial charge is 0.0406 e. The Morgan fingerprint density at radius 1 is 0.870 bits per heavy atom. The van der Waals surface area contributed by atoms with Crippen LogP contribution in [0.15, 0.2) is 59.5 Å². The van der Waals surface area contributed by atoms with Gasteiger partial charge in [0, 0.05) is 34.4 Å². The Labute approximate surface area is 149 Å². The third-order valence-electron chi connectivity index (χ3n) is 3.60. The predicted molar refractivity (Wildman–Crippen MR) is 104 cm³/mol. The van der Waals surface area contributed by atoms with Gasteiger partial charge < -0.3 is 9.80 Å². The first-order chi connectivity index (χ1) is 11.1. The number of hydrogen-bond acceptors (Lipinski definition) is 3. The van der Waals surface area contributed by atoms with Gasteiger partial charge in [-0.25, -0.2) is 0 Å². The van der Waals surface area contributed by atoms with Crippen molar-refractivity contribution in [2.24, 2.45) is 0 Å². The van der Waals surface area contributed by atoms with E-state index in [1.807, 2.05) is 23.9 Å². The van der Waals surface area contributed by atoms with Gasteiger partial charge in [0.1, 0.15) is 0 Å². The molecule has 0 aliphatic heterocycles. The summed E-state index contributed by atoms with van der Waals surface area (Å²) in [6, 6.07) is 18.8. The quantitative estimate of drug-likeness (QED) is 0.596. The van der Waals surface area contributed by atoms with Gasteiger partial charge in [-0.15, -0.1) is 11.8 Å². The van der Waals surface area contributed by atoms with E-state index in [-0.39, 0.29) is 0 Å². The van der Waals surface area contributed by atoms with Gasteiger partial charge in [0.05, 0.1) is 0 Å². The fraction of sp³-hybridized carbons (Fsp3) is 0.368. The Bertz CT molecular complexity index is 557. The van der Waals surface area contributed by atoms with Crippen molar-refractivity contribution >= 4 is 29.1 Å². The summed E-state index contributed by atoms with van der Waals surface area (Å²) < 4.78 is 0. The fourth-order valence-electron chi connectivity index (χ4n) is 2.39. The Balaban J connectivity index is 1.87. The highest BCUT2D eigenvalue weighted by Crippen LogP contribution is 2.21. The van der Waals surface area contributed by atoms with Crippen LogP contribution in [0, 0.1) is 0 Å². The van der Waals surface area contributed by atoms with E-state index in [2.05, 4.69) is 66.4 Å². The molecule has 0 aliphatic carbocycles. The van der Waals surface area contributed by atoms with E-state index in [0.717, 1.165) is 30.4 Å². The van der Waals surface area contributed by atoms with Gasteiger partial charge in [0.15, 0.2) is 0 Å². The van der Waals surface area contributed by atoms with E-state index in [9.17, 15) is 0 Å². The van der Waals surface area contributed by atoms with Gasteiger partial charge in [-0.2, -0.15) is 0 Å². The fourth-order valence-corrected chi connectivity index (χ4v) is 3.39. The molecular weight excluding hydrogens is 324 g/mol. The molecule has 2 rings (SSSR count). The number of anilines is 1. The second-order valence-electron chi connectivity index (χ2n) is 5.78. The normalized spacial score (nSPS) is 11.0. The van der Waals surface area contributed by atoms with Crippen molar-refractivity contribution in [3.63, 3.8) is 0 Å². The van der Waals surface area contributed by atoms with E-state index in [0.29, 0.717) is 0 Å². The minimum atomic E-state index is 0.795. The highest BCUT2D eigenvalue weighted by atomic mass is 35.5. The molecule has 0 saturated heterocycles. The number of halogens is 1. The van der Waals surface area contributed by atoms with Gasteiger partial charge >= 0.3 is 0 Å². The SMILES string of the molecule is CN(C)CCCN(CCSc1ccc(Cl)cc1)c1ccccc1. The van der Waals surface area contributed by atoms with Crippen LogP contribution >= 0.6 is 23.4 Å². The summed E-state index contributed by atoms with van der Waals surface area (Å²) >= 11 is 7.82. The first kappa shape index (κ1) is 18.2. The zero-order chi connectivity index (χ0) is 16.5. The molecule has 0 radical (unpaired) electrons. The van der Waals surface area contributed by atoms with Crippen LogP contribution in [-0.2, 0) is 0 Å². The van der Waals surface area contributed by atoms with Crippen LogP contribution in [-0.4, -0.2) is 44.4 Å². The number of thioether (sulfide) groups is 1. The lowest BCUT2D eigenvalue weighted by Crippen LogP contribution is -2.29. The molecule has 2 aromatic carbocycles. The molecule has 2 aromatic rings. The molecule has 4 heteroatoms. The molecule has 0 bridgehead atoms. The van der Waals surface area contributed by atoms with Crippen LogP contribution in [0.1, 0.15) is 6.42 Å². The summed E-state index contributed by atoms with van der Waals surface area (Å²) in [5.74, 6) is 1.07. The summed E-state index contributed by atoms with van der Waals surface area (Å²) in [6.07, 6.45) is 1.17. The molecule has 0 unspecified atom stereocenters. The summed E-state index contributed by atoms with van der Waals surface area (Å²) in [5.41, 5.74) is 1.31. The maximum absolute atomic E-state index is 5.94. The first-order valence-corrected chi connectivity index (χ1v) is 9.34. The van der Waals surface area contributed by atoms with E-state index in [1.165, 1.54) is 17.0 Å². The predicted octanol–water partition coefficient (Wildman–Crippen LogP) is 4.89. The largest absolute Gasteiger partial charge is 0.371 e. The van der Waals surface area contributed by atoms with Gasteiger partial charge in [-0.05, 0) is 63.5 Å². The van der Waals surface area contributed by atoms with Gasteiger partial charge in [-0.3, -0.25) is 0 Å². The van der Waals surface area contributed by atoms with Gasteiger partial charge in [0.25, 0.3) is 0 Å². The molecule has 0 amide bonds. The molecule has 0 atom stereocenters. The first-order valence-electron chi connectivity index (χ1n) is 7.98. The average Bonchev–Trinajstić information content (AvgIpc) is 2.56. The minimum absolute atomic E-state index is 0.795. The standard InChI is InChI=1S/C19H25ClN2S/c1-21(2)13-6-14-22(18-7-4-3-5-8-18)15-16-23-19-11-9-17(20)10-12-19/h3-5,7-12H,6,13-16H2,1-2H3. The third kappa shape index (κ3) is 6.86. The third-order valence-corrected chi connectivity index (χ3v) is 4.84. The number of nitrogens with zero attached hydrogens (tertiary/aromatic N) is 2. The molecule has 0 spiro atoms. The van der Waals surface area contributed by atoms with Crippen LogP contribution in [0.2, 0.25) is 5.02 Å². The van der Waals surface area contributed by atoms with Crippen molar-refractivity contribution < 1.29 is 0 Å². The average molecular weight is 349 g/mol. The summed E-state index contributed by atoms with van der Waals surface area (Å²) in [7, 11) is 4.26. The zero-order valence-corrected chi connectivity index (χ0v) is 15.5. The maximum Gasteiger partial charge on any atom is 0.0406 e. The number of para-hydroxylation sites is 1. The van der Waals surface area contributed by atoms with Crippen LogP contribution in [0.5, 0.6) is 0 Å². The second-order valence-corrected chi connectivity index (χ2v) is 7.39. The van der Waals surface area contributed by atoms with Crippen molar-refractivity contribution in [1.82, 2.24) is 4.90 Å². The van der Waals surface area contributed by atoms with Crippen molar-refractivity contribution in [3.05, 3.63) is 59.6 Å². The second kappa shape index (κ2) is 9.86. The van der Waals surface area contributed by atoms with E-state index in [1.54, 1.807) is 0 Å². The molecule has 0 fully saturated rings. The lowest BCUT2D eigenvalue weighted by Gasteiger charge is -2.25. The van der Waals surface area contributed by atoms with E-state index < -0.39 is 0 Å². The van der Waals surface area contributed by atoms with Crippen molar-refractivity contribution in [3.8, 4) is 0 Å². The van der Waals surface area contributed by atoms with Crippen LogP contribution in [0.3, 0.4) is 0 Å². The monoisotopic (exact) mass is 348 g/mol. The van der Waals surface area contributed by atoms with Crippen molar-refractivity contribution in [2.45, 2.75) is 11.3 Å². The zero-order valence-electron chi connectivity index (χ0n) is 13.9. The maximum atomic E-state index is 5.94. The van der Waals surface area contributed by atoms with Crippen LogP contribution in [0.25, 0.3) is 0 Å². The number of benzene rings is 2.